The van der Waals surface area contributed by atoms with Crippen molar-refractivity contribution < 1.29 is 28.8 Å². The maximum atomic E-state index is 12.7. The zero-order valence-electron chi connectivity index (χ0n) is 19.0. The van der Waals surface area contributed by atoms with Crippen LogP contribution >= 0.6 is 0 Å². The molecule has 0 spiro atoms. The molecule has 36 heavy (non-hydrogen) atoms. The standard InChI is InChI=1S/C24H21N5O7/c1-13-20-17(25-26-22(31)14-9-11-15(30)12-10-14)6-4-8-19(20)36-21(13)24(33)28-27-23(32)16-5-2-3-7-18(16)29(34)35/h2-3,5,7,9-12,30H,4,6,8H2,1H3,(H,26,31)(H,27,32)(H,28,33)/b25-17+. The summed E-state index contributed by atoms with van der Waals surface area (Å²) >= 11 is 0. The number of phenols is 1. The van der Waals surface area contributed by atoms with Gasteiger partial charge in [0.25, 0.3) is 17.5 Å². The number of phenolic OH excluding ortho intramolecular Hbond substituents is 1. The molecule has 0 saturated heterocycles. The van der Waals surface area contributed by atoms with E-state index >= 15 is 0 Å². The van der Waals surface area contributed by atoms with Crippen LogP contribution in [0.5, 0.6) is 5.75 Å². The number of rotatable bonds is 5. The first kappa shape index (κ1) is 24.1. The number of hydrogen-bond donors (Lipinski definition) is 4. The largest absolute Gasteiger partial charge is 0.508 e. The van der Waals surface area contributed by atoms with Crippen LogP contribution in [0.4, 0.5) is 5.69 Å². The van der Waals surface area contributed by atoms with Crippen molar-refractivity contribution >= 4 is 29.1 Å². The highest BCUT2D eigenvalue weighted by Gasteiger charge is 2.29. The van der Waals surface area contributed by atoms with Gasteiger partial charge in [-0.2, -0.15) is 5.10 Å². The third kappa shape index (κ3) is 4.92. The summed E-state index contributed by atoms with van der Waals surface area (Å²) in [6.07, 6.45) is 1.78. The summed E-state index contributed by atoms with van der Waals surface area (Å²) in [5, 5.41) is 24.7. The maximum absolute atomic E-state index is 12.7. The first-order chi connectivity index (χ1) is 17.3. The van der Waals surface area contributed by atoms with E-state index in [-0.39, 0.29) is 17.1 Å². The van der Waals surface area contributed by atoms with Crippen molar-refractivity contribution in [2.75, 3.05) is 0 Å². The number of hydrazone groups is 1. The quantitative estimate of drug-likeness (QED) is 0.313. The Bertz CT molecular complexity index is 1390. The average molecular weight is 491 g/mol. The van der Waals surface area contributed by atoms with Crippen LogP contribution in [0, 0.1) is 17.0 Å². The molecule has 0 bridgehead atoms. The molecule has 1 heterocycles. The second-order valence-corrected chi connectivity index (χ2v) is 7.94. The molecule has 1 aliphatic carbocycles. The number of carbonyl (C=O) groups is 3. The molecule has 0 unspecified atom stereocenters. The molecule has 3 aromatic rings. The fourth-order valence-corrected chi connectivity index (χ4v) is 3.85. The van der Waals surface area contributed by atoms with E-state index in [2.05, 4.69) is 21.4 Å². The molecule has 0 radical (unpaired) electrons. The van der Waals surface area contributed by atoms with E-state index in [9.17, 15) is 29.6 Å². The number of nitrogens with one attached hydrogen (secondary N) is 3. The lowest BCUT2D eigenvalue weighted by atomic mass is 9.93. The summed E-state index contributed by atoms with van der Waals surface area (Å²) in [7, 11) is 0. The van der Waals surface area contributed by atoms with Crippen molar-refractivity contribution in [2.45, 2.75) is 26.2 Å². The Morgan fingerprint density at radius 1 is 1.00 bits per heavy atom. The minimum atomic E-state index is -0.858. The smallest absolute Gasteiger partial charge is 0.305 e. The molecule has 0 fully saturated rings. The predicted octanol–water partition coefficient (Wildman–Crippen LogP) is 2.75. The van der Waals surface area contributed by atoms with Crippen LogP contribution in [0.15, 0.2) is 58.0 Å². The fraction of sp³-hybridized carbons (Fsp3) is 0.167. The molecule has 0 aliphatic heterocycles. The van der Waals surface area contributed by atoms with E-state index < -0.39 is 28.3 Å². The molecule has 4 N–H and O–H groups in total. The zero-order valence-corrected chi connectivity index (χ0v) is 19.0. The summed E-state index contributed by atoms with van der Waals surface area (Å²) in [6.45, 7) is 1.66. The van der Waals surface area contributed by atoms with Gasteiger partial charge in [0.1, 0.15) is 17.1 Å². The van der Waals surface area contributed by atoms with Gasteiger partial charge >= 0.3 is 5.91 Å². The minimum Gasteiger partial charge on any atom is -0.508 e. The Hall–Kier alpha value is -5.00. The Morgan fingerprint density at radius 2 is 1.69 bits per heavy atom. The number of aromatic hydroxyl groups is 1. The van der Waals surface area contributed by atoms with E-state index in [0.29, 0.717) is 47.4 Å². The fourth-order valence-electron chi connectivity index (χ4n) is 3.85. The number of aryl methyl sites for hydroxylation is 1. The van der Waals surface area contributed by atoms with Crippen molar-refractivity contribution in [1.29, 1.82) is 0 Å². The summed E-state index contributed by atoms with van der Waals surface area (Å²) in [4.78, 5) is 47.9. The lowest BCUT2D eigenvalue weighted by Gasteiger charge is -2.13. The number of nitro groups is 1. The Balaban J connectivity index is 1.49. The van der Waals surface area contributed by atoms with Gasteiger partial charge in [0.15, 0.2) is 5.76 Å². The Morgan fingerprint density at radius 3 is 2.42 bits per heavy atom. The first-order valence-electron chi connectivity index (χ1n) is 10.9. The van der Waals surface area contributed by atoms with E-state index in [1.54, 1.807) is 6.92 Å². The monoisotopic (exact) mass is 491 g/mol. The number of nitro benzene ring substituents is 1. The van der Waals surface area contributed by atoms with E-state index in [1.165, 1.54) is 48.5 Å². The number of fused-ring (bicyclic) bond motifs is 1. The van der Waals surface area contributed by atoms with Gasteiger partial charge in [-0.1, -0.05) is 12.1 Å². The third-order valence-electron chi connectivity index (χ3n) is 5.59. The predicted molar refractivity (Wildman–Crippen MR) is 127 cm³/mol. The van der Waals surface area contributed by atoms with Crippen LogP contribution in [0.25, 0.3) is 0 Å². The van der Waals surface area contributed by atoms with Gasteiger partial charge in [0, 0.05) is 29.2 Å². The average Bonchev–Trinajstić information content (AvgIpc) is 3.23. The van der Waals surface area contributed by atoms with Gasteiger partial charge in [0.2, 0.25) is 0 Å². The third-order valence-corrected chi connectivity index (χ3v) is 5.59. The Kier molecular flexibility index (Phi) is 6.77. The molecule has 12 heteroatoms. The molecule has 184 valence electrons. The van der Waals surface area contributed by atoms with Crippen LogP contribution in [0.2, 0.25) is 0 Å². The highest BCUT2D eigenvalue weighted by Crippen LogP contribution is 2.30. The van der Waals surface area contributed by atoms with Gasteiger partial charge in [-0.05, 0) is 50.1 Å². The second kappa shape index (κ2) is 10.1. The lowest BCUT2D eigenvalue weighted by Crippen LogP contribution is -2.42. The van der Waals surface area contributed by atoms with Gasteiger partial charge in [0.05, 0.1) is 10.6 Å². The number of hydrogen-bond acceptors (Lipinski definition) is 8. The molecule has 4 rings (SSSR count). The van der Waals surface area contributed by atoms with Crippen LogP contribution in [0.1, 0.15) is 61.0 Å². The molecule has 3 amide bonds. The first-order valence-corrected chi connectivity index (χ1v) is 10.9. The SMILES string of the molecule is Cc1c(C(=O)NNC(=O)c2ccccc2[N+](=O)[O-])oc2c1/C(=N/NC(=O)c1ccc(O)cc1)CCC2. The second-order valence-electron chi connectivity index (χ2n) is 7.94. The number of benzene rings is 2. The molecule has 2 aromatic carbocycles. The van der Waals surface area contributed by atoms with Gasteiger partial charge in [-0.25, -0.2) is 5.43 Å². The van der Waals surface area contributed by atoms with Gasteiger partial charge in [-0.15, -0.1) is 0 Å². The van der Waals surface area contributed by atoms with Crippen LogP contribution in [-0.2, 0) is 6.42 Å². The summed E-state index contributed by atoms with van der Waals surface area (Å²) < 4.78 is 5.74. The molecule has 12 nitrogen and oxygen atoms in total. The normalized spacial score (nSPS) is 13.5. The Labute approximate surface area is 204 Å². The van der Waals surface area contributed by atoms with Crippen LogP contribution in [0.3, 0.4) is 0 Å². The maximum Gasteiger partial charge on any atom is 0.305 e. The van der Waals surface area contributed by atoms with Crippen molar-refractivity contribution in [2.24, 2.45) is 5.10 Å². The number of hydrazine groups is 1. The number of nitrogens with zero attached hydrogens (tertiary/aromatic N) is 2. The topological polar surface area (TPSA) is 176 Å². The number of para-hydroxylation sites is 1. The highest BCUT2D eigenvalue weighted by molar-refractivity contribution is 6.07. The number of carbonyl (C=O) groups excluding carboxylic acids is 3. The van der Waals surface area contributed by atoms with Gasteiger partial charge in [-0.3, -0.25) is 35.3 Å². The molecular formula is C24H21N5O7. The van der Waals surface area contributed by atoms with Crippen LogP contribution < -0.4 is 16.3 Å². The number of furan rings is 1. The van der Waals surface area contributed by atoms with Crippen molar-refractivity contribution in [3.8, 4) is 5.75 Å². The van der Waals surface area contributed by atoms with E-state index in [4.69, 9.17) is 4.42 Å². The van der Waals surface area contributed by atoms with Crippen molar-refractivity contribution in [3.05, 3.63) is 92.4 Å². The molecular weight excluding hydrogens is 470 g/mol. The van der Waals surface area contributed by atoms with E-state index in [0.717, 1.165) is 0 Å². The highest BCUT2D eigenvalue weighted by atomic mass is 16.6. The molecule has 0 saturated carbocycles. The zero-order chi connectivity index (χ0) is 25.8. The summed E-state index contributed by atoms with van der Waals surface area (Å²) in [5.74, 6) is -1.57. The number of amides is 3. The molecule has 1 aliphatic rings. The van der Waals surface area contributed by atoms with E-state index in [1.807, 2.05) is 0 Å². The lowest BCUT2D eigenvalue weighted by molar-refractivity contribution is -0.385. The minimum absolute atomic E-state index is 0.0350. The molecule has 1 aromatic heterocycles. The van der Waals surface area contributed by atoms with Crippen molar-refractivity contribution in [3.63, 3.8) is 0 Å². The summed E-state index contributed by atoms with van der Waals surface area (Å²) in [5.41, 5.74) is 8.17. The van der Waals surface area contributed by atoms with Crippen LogP contribution in [-0.4, -0.2) is 33.5 Å². The molecule has 0 atom stereocenters. The summed E-state index contributed by atoms with van der Waals surface area (Å²) in [6, 6.07) is 11.0. The van der Waals surface area contributed by atoms with Crippen molar-refractivity contribution in [1.82, 2.24) is 16.3 Å². The van der Waals surface area contributed by atoms with Gasteiger partial charge < -0.3 is 9.52 Å².